The number of aryl methyl sites for hydroxylation is 3. The smallest absolute Gasteiger partial charge is 0.0699 e. The van der Waals surface area contributed by atoms with Gasteiger partial charge in [-0.15, -0.1) is 0 Å². The number of H-pyrrole nitrogens is 1. The van der Waals surface area contributed by atoms with Crippen LogP contribution in [-0.4, -0.2) is 10.1 Å². The Morgan fingerprint density at radius 2 is 1.88 bits per heavy atom. The number of aromatic nitrogens is 1. The SMILES string of the molecule is Cc1ccc(C)c(-c2cc(CO)c(C)[nH]2)c1. The van der Waals surface area contributed by atoms with Crippen LogP contribution >= 0.6 is 0 Å². The van der Waals surface area contributed by atoms with Gasteiger partial charge in [0.1, 0.15) is 0 Å². The summed E-state index contributed by atoms with van der Waals surface area (Å²) in [7, 11) is 0. The number of benzene rings is 1. The minimum atomic E-state index is 0.0905. The summed E-state index contributed by atoms with van der Waals surface area (Å²) in [5.74, 6) is 0. The fourth-order valence-electron chi connectivity index (χ4n) is 1.94. The Hall–Kier alpha value is -1.54. The van der Waals surface area contributed by atoms with Crippen LogP contribution in [0.3, 0.4) is 0 Å². The van der Waals surface area contributed by atoms with Crippen LogP contribution in [0.15, 0.2) is 24.3 Å². The number of aromatic amines is 1. The summed E-state index contributed by atoms with van der Waals surface area (Å²) in [5.41, 5.74) is 6.80. The third kappa shape index (κ3) is 1.89. The maximum absolute atomic E-state index is 9.18. The van der Waals surface area contributed by atoms with Gasteiger partial charge in [0.15, 0.2) is 0 Å². The summed E-state index contributed by atoms with van der Waals surface area (Å²) < 4.78 is 0. The van der Waals surface area contributed by atoms with Gasteiger partial charge in [-0.3, -0.25) is 0 Å². The predicted octanol–water partition coefficient (Wildman–Crippen LogP) is 3.10. The molecule has 16 heavy (non-hydrogen) atoms. The molecule has 0 saturated carbocycles. The number of aliphatic hydroxyl groups excluding tert-OH is 1. The molecule has 0 aliphatic heterocycles. The van der Waals surface area contributed by atoms with E-state index in [0.29, 0.717) is 0 Å². The Morgan fingerprint density at radius 3 is 2.50 bits per heavy atom. The number of nitrogens with one attached hydrogen (secondary N) is 1. The molecule has 0 saturated heterocycles. The van der Waals surface area contributed by atoms with Crippen molar-refractivity contribution in [1.29, 1.82) is 0 Å². The van der Waals surface area contributed by atoms with Crippen molar-refractivity contribution in [1.82, 2.24) is 4.98 Å². The molecule has 0 unspecified atom stereocenters. The Labute approximate surface area is 96.0 Å². The number of aliphatic hydroxyl groups is 1. The summed E-state index contributed by atoms with van der Waals surface area (Å²) in [4.78, 5) is 3.32. The Kier molecular flexibility index (Phi) is 2.84. The lowest BCUT2D eigenvalue weighted by atomic mass is 10.0. The highest BCUT2D eigenvalue weighted by Crippen LogP contribution is 2.25. The normalized spacial score (nSPS) is 10.8. The first-order chi connectivity index (χ1) is 7.61. The van der Waals surface area contributed by atoms with Crippen LogP contribution in [0.5, 0.6) is 0 Å². The van der Waals surface area contributed by atoms with Gasteiger partial charge in [-0.1, -0.05) is 17.7 Å². The second kappa shape index (κ2) is 4.14. The number of hydrogen-bond acceptors (Lipinski definition) is 1. The first-order valence-electron chi connectivity index (χ1n) is 5.49. The molecule has 0 spiro atoms. The van der Waals surface area contributed by atoms with E-state index in [1.807, 2.05) is 13.0 Å². The summed E-state index contributed by atoms with van der Waals surface area (Å²) in [6.07, 6.45) is 0. The first kappa shape index (κ1) is 11.0. The van der Waals surface area contributed by atoms with Crippen molar-refractivity contribution in [2.24, 2.45) is 0 Å². The van der Waals surface area contributed by atoms with E-state index >= 15 is 0 Å². The molecule has 0 amide bonds. The monoisotopic (exact) mass is 215 g/mol. The molecule has 84 valence electrons. The molecule has 2 N–H and O–H groups in total. The van der Waals surface area contributed by atoms with Crippen molar-refractivity contribution in [2.45, 2.75) is 27.4 Å². The molecular weight excluding hydrogens is 198 g/mol. The molecule has 1 aromatic heterocycles. The molecule has 0 bridgehead atoms. The standard InChI is InChI=1S/C14H17NO/c1-9-4-5-10(2)13(6-9)14-7-12(8-16)11(3)15-14/h4-7,15-16H,8H2,1-3H3. The van der Waals surface area contributed by atoms with Gasteiger partial charge in [-0.25, -0.2) is 0 Å². The highest BCUT2D eigenvalue weighted by molar-refractivity contribution is 5.66. The van der Waals surface area contributed by atoms with Crippen molar-refractivity contribution in [3.63, 3.8) is 0 Å². The van der Waals surface area contributed by atoms with Crippen LogP contribution in [0.1, 0.15) is 22.4 Å². The topological polar surface area (TPSA) is 36.0 Å². The van der Waals surface area contributed by atoms with Gasteiger partial charge in [-0.05, 0) is 44.0 Å². The molecule has 1 heterocycles. The van der Waals surface area contributed by atoms with Gasteiger partial charge in [0, 0.05) is 17.0 Å². The highest BCUT2D eigenvalue weighted by Gasteiger charge is 2.07. The van der Waals surface area contributed by atoms with Crippen LogP contribution < -0.4 is 0 Å². The minimum absolute atomic E-state index is 0.0905. The fourth-order valence-corrected chi connectivity index (χ4v) is 1.94. The summed E-state index contributed by atoms with van der Waals surface area (Å²) in [6, 6.07) is 8.43. The van der Waals surface area contributed by atoms with Gasteiger partial charge in [0.25, 0.3) is 0 Å². The van der Waals surface area contributed by atoms with Crippen LogP contribution in [-0.2, 0) is 6.61 Å². The van der Waals surface area contributed by atoms with Gasteiger partial charge >= 0.3 is 0 Å². The van der Waals surface area contributed by atoms with E-state index in [4.69, 9.17) is 0 Å². The molecule has 0 radical (unpaired) electrons. The maximum Gasteiger partial charge on any atom is 0.0699 e. The third-order valence-corrected chi connectivity index (χ3v) is 2.98. The molecule has 0 fully saturated rings. The third-order valence-electron chi connectivity index (χ3n) is 2.98. The molecule has 0 aliphatic rings. The average Bonchev–Trinajstić information content (AvgIpc) is 2.63. The number of hydrogen-bond donors (Lipinski definition) is 2. The molecule has 1 aromatic carbocycles. The molecule has 2 nitrogen and oxygen atoms in total. The van der Waals surface area contributed by atoms with Crippen molar-refractivity contribution in [3.05, 3.63) is 46.6 Å². The fraction of sp³-hybridized carbons (Fsp3) is 0.286. The van der Waals surface area contributed by atoms with Crippen LogP contribution in [0, 0.1) is 20.8 Å². The van der Waals surface area contributed by atoms with Crippen molar-refractivity contribution in [2.75, 3.05) is 0 Å². The maximum atomic E-state index is 9.18. The lowest BCUT2D eigenvalue weighted by molar-refractivity contribution is 0.281. The second-order valence-corrected chi connectivity index (χ2v) is 4.31. The second-order valence-electron chi connectivity index (χ2n) is 4.31. The lowest BCUT2D eigenvalue weighted by Crippen LogP contribution is -1.84. The average molecular weight is 215 g/mol. The minimum Gasteiger partial charge on any atom is -0.392 e. The van der Waals surface area contributed by atoms with E-state index in [2.05, 4.69) is 37.0 Å². The summed E-state index contributed by atoms with van der Waals surface area (Å²) in [6.45, 7) is 6.27. The van der Waals surface area contributed by atoms with Gasteiger partial charge < -0.3 is 10.1 Å². The quantitative estimate of drug-likeness (QED) is 0.793. The van der Waals surface area contributed by atoms with Crippen molar-refractivity contribution >= 4 is 0 Å². The van der Waals surface area contributed by atoms with Gasteiger partial charge in [0.05, 0.1) is 6.61 Å². The van der Waals surface area contributed by atoms with Crippen molar-refractivity contribution < 1.29 is 5.11 Å². The summed E-state index contributed by atoms with van der Waals surface area (Å²) in [5, 5.41) is 9.18. The Balaban J connectivity index is 2.53. The molecule has 2 rings (SSSR count). The van der Waals surface area contributed by atoms with Crippen LogP contribution in [0.2, 0.25) is 0 Å². The molecule has 0 aliphatic carbocycles. The van der Waals surface area contributed by atoms with Crippen LogP contribution in [0.25, 0.3) is 11.3 Å². The largest absolute Gasteiger partial charge is 0.392 e. The summed E-state index contributed by atoms with van der Waals surface area (Å²) >= 11 is 0. The highest BCUT2D eigenvalue weighted by atomic mass is 16.3. The zero-order chi connectivity index (χ0) is 11.7. The van der Waals surface area contributed by atoms with E-state index in [0.717, 1.165) is 17.0 Å². The predicted molar refractivity (Wildman–Crippen MR) is 66.4 cm³/mol. The van der Waals surface area contributed by atoms with E-state index in [1.54, 1.807) is 0 Å². The van der Waals surface area contributed by atoms with E-state index in [-0.39, 0.29) is 6.61 Å². The zero-order valence-electron chi connectivity index (χ0n) is 9.96. The van der Waals surface area contributed by atoms with E-state index in [1.165, 1.54) is 16.7 Å². The molecule has 0 atom stereocenters. The van der Waals surface area contributed by atoms with E-state index < -0.39 is 0 Å². The number of rotatable bonds is 2. The van der Waals surface area contributed by atoms with Crippen molar-refractivity contribution in [3.8, 4) is 11.3 Å². The molecular formula is C14H17NO. The Bertz CT molecular complexity index is 511. The first-order valence-corrected chi connectivity index (χ1v) is 5.49. The zero-order valence-corrected chi connectivity index (χ0v) is 9.96. The lowest BCUT2D eigenvalue weighted by Gasteiger charge is -2.04. The molecule has 2 heteroatoms. The van der Waals surface area contributed by atoms with Gasteiger partial charge in [0.2, 0.25) is 0 Å². The van der Waals surface area contributed by atoms with Crippen LogP contribution in [0.4, 0.5) is 0 Å². The molecule has 2 aromatic rings. The van der Waals surface area contributed by atoms with E-state index in [9.17, 15) is 5.11 Å². The Morgan fingerprint density at radius 1 is 1.12 bits per heavy atom. The van der Waals surface area contributed by atoms with Gasteiger partial charge in [-0.2, -0.15) is 0 Å².